The Morgan fingerprint density at radius 1 is 1.41 bits per heavy atom. The molecule has 3 atom stereocenters. The van der Waals surface area contributed by atoms with E-state index in [1.807, 2.05) is 6.92 Å². The van der Waals surface area contributed by atoms with Crippen LogP contribution in [0.2, 0.25) is 0 Å². The third kappa shape index (κ3) is 1.61. The van der Waals surface area contributed by atoms with Crippen LogP contribution in [0, 0.1) is 5.41 Å². The van der Waals surface area contributed by atoms with Crippen LogP contribution in [0.5, 0.6) is 0 Å². The minimum atomic E-state index is -0.183. The predicted molar refractivity (Wildman–Crippen MR) is 70.0 cm³/mol. The molecule has 2 aliphatic rings. The van der Waals surface area contributed by atoms with E-state index in [1.54, 1.807) is 7.11 Å². The van der Waals surface area contributed by atoms with Gasteiger partial charge in [-0.25, -0.2) is 0 Å². The average molecular weight is 236 g/mol. The first-order valence-electron chi connectivity index (χ1n) is 6.37. The van der Waals surface area contributed by atoms with Gasteiger partial charge >= 0.3 is 0 Å². The Morgan fingerprint density at radius 2 is 2.06 bits per heavy atom. The molecule has 0 radical (unpaired) electrons. The van der Waals surface area contributed by atoms with Crippen LogP contribution in [-0.4, -0.2) is 24.4 Å². The Morgan fingerprint density at radius 3 is 2.59 bits per heavy atom. The average Bonchev–Trinajstić information content (AvgIpc) is 2.85. The first-order valence-corrected chi connectivity index (χ1v) is 6.37. The van der Waals surface area contributed by atoms with Crippen LogP contribution in [-0.2, 0) is 9.47 Å². The maximum absolute atomic E-state index is 6.17. The van der Waals surface area contributed by atoms with Gasteiger partial charge in [-0.15, -0.1) is 0 Å². The Balaban J connectivity index is 2.34. The zero-order valence-electron chi connectivity index (χ0n) is 11.7. The number of hydrogen-bond donors (Lipinski definition) is 0. The van der Waals surface area contributed by atoms with Gasteiger partial charge in [0.1, 0.15) is 11.2 Å². The van der Waals surface area contributed by atoms with Crippen LogP contribution >= 0.6 is 0 Å². The molecule has 0 spiro atoms. The largest absolute Gasteiger partial charge is 0.378 e. The molecule has 0 N–H and O–H groups in total. The van der Waals surface area contributed by atoms with E-state index in [0.29, 0.717) is 0 Å². The SMILES string of the molecule is C=C(C)C=CC12OC1(C)C(OC)CCC2(C)C. The van der Waals surface area contributed by atoms with E-state index in [4.69, 9.17) is 9.47 Å². The summed E-state index contributed by atoms with van der Waals surface area (Å²) in [5.74, 6) is 0. The Kier molecular flexibility index (Phi) is 2.79. The highest BCUT2D eigenvalue weighted by Crippen LogP contribution is 2.66. The topological polar surface area (TPSA) is 21.8 Å². The molecule has 1 aliphatic carbocycles. The molecule has 2 fully saturated rings. The van der Waals surface area contributed by atoms with Crippen LogP contribution < -0.4 is 0 Å². The molecule has 1 aliphatic heterocycles. The van der Waals surface area contributed by atoms with Gasteiger partial charge in [-0.3, -0.25) is 0 Å². The van der Waals surface area contributed by atoms with Crippen LogP contribution in [0.3, 0.4) is 0 Å². The molecule has 0 aromatic carbocycles. The smallest absolute Gasteiger partial charge is 0.126 e. The zero-order valence-corrected chi connectivity index (χ0v) is 11.7. The van der Waals surface area contributed by atoms with Crippen LogP contribution in [0.1, 0.15) is 40.5 Å². The maximum Gasteiger partial charge on any atom is 0.126 e. The predicted octanol–water partition coefficient (Wildman–Crippen LogP) is 3.48. The number of hydrogen-bond acceptors (Lipinski definition) is 2. The number of rotatable bonds is 3. The van der Waals surface area contributed by atoms with Crippen molar-refractivity contribution in [2.24, 2.45) is 5.41 Å². The molecule has 1 saturated carbocycles. The van der Waals surface area contributed by atoms with Gasteiger partial charge in [-0.2, -0.15) is 0 Å². The summed E-state index contributed by atoms with van der Waals surface area (Å²) in [4.78, 5) is 0. The first kappa shape index (κ1) is 12.8. The van der Waals surface area contributed by atoms with Crippen LogP contribution in [0.4, 0.5) is 0 Å². The Labute approximate surface area is 105 Å². The minimum absolute atomic E-state index is 0.155. The number of epoxide rings is 1. The molecule has 1 saturated heterocycles. The molecule has 96 valence electrons. The maximum atomic E-state index is 6.17. The summed E-state index contributed by atoms with van der Waals surface area (Å²) in [5.41, 5.74) is 0.864. The number of fused-ring (bicyclic) bond motifs is 1. The molecule has 0 amide bonds. The van der Waals surface area contributed by atoms with Gasteiger partial charge in [0.2, 0.25) is 0 Å². The fourth-order valence-electron chi connectivity index (χ4n) is 3.40. The van der Waals surface area contributed by atoms with Crippen molar-refractivity contribution >= 4 is 0 Å². The van der Waals surface area contributed by atoms with Crippen molar-refractivity contribution in [3.8, 4) is 0 Å². The van der Waals surface area contributed by atoms with Gasteiger partial charge in [-0.1, -0.05) is 32.1 Å². The second-order valence-electron chi connectivity index (χ2n) is 6.27. The standard InChI is InChI=1S/C15H24O2/c1-11(2)7-10-15-13(3,4)9-8-12(16-6)14(15,5)17-15/h7,10,12H,1,8-9H2,2-6H3. The number of methoxy groups -OCH3 is 1. The highest BCUT2D eigenvalue weighted by molar-refractivity contribution is 5.35. The van der Waals surface area contributed by atoms with Crippen molar-refractivity contribution in [1.29, 1.82) is 0 Å². The van der Waals surface area contributed by atoms with Gasteiger partial charge in [0.05, 0.1) is 6.10 Å². The van der Waals surface area contributed by atoms with Crippen molar-refractivity contribution < 1.29 is 9.47 Å². The van der Waals surface area contributed by atoms with Crippen molar-refractivity contribution in [2.45, 2.75) is 57.8 Å². The fraction of sp³-hybridized carbons (Fsp3) is 0.733. The molecule has 0 bridgehead atoms. The summed E-state index contributed by atoms with van der Waals surface area (Å²) in [5, 5.41) is 0. The third-order valence-corrected chi connectivity index (χ3v) is 4.61. The molecule has 17 heavy (non-hydrogen) atoms. The molecule has 2 heteroatoms. The van der Waals surface area contributed by atoms with E-state index in [-0.39, 0.29) is 22.7 Å². The van der Waals surface area contributed by atoms with Gasteiger partial charge in [0.25, 0.3) is 0 Å². The molecule has 1 heterocycles. The fourth-order valence-corrected chi connectivity index (χ4v) is 3.40. The number of allylic oxidation sites excluding steroid dienone is 2. The quantitative estimate of drug-likeness (QED) is 0.553. The molecular weight excluding hydrogens is 212 g/mol. The lowest BCUT2D eigenvalue weighted by atomic mass is 9.63. The van der Waals surface area contributed by atoms with Gasteiger partial charge < -0.3 is 9.47 Å². The van der Waals surface area contributed by atoms with Gasteiger partial charge in [0.15, 0.2) is 0 Å². The van der Waals surface area contributed by atoms with E-state index in [1.165, 1.54) is 0 Å². The zero-order chi connectivity index (χ0) is 12.9. The van der Waals surface area contributed by atoms with Crippen molar-refractivity contribution in [2.75, 3.05) is 7.11 Å². The highest BCUT2D eigenvalue weighted by Gasteiger charge is 2.77. The minimum Gasteiger partial charge on any atom is -0.378 e. The highest BCUT2D eigenvalue weighted by atomic mass is 16.7. The van der Waals surface area contributed by atoms with E-state index in [0.717, 1.165) is 18.4 Å². The lowest BCUT2D eigenvalue weighted by Crippen LogP contribution is -2.48. The molecule has 3 unspecified atom stereocenters. The Bertz CT molecular complexity index is 369. The summed E-state index contributed by atoms with van der Waals surface area (Å²) in [6.07, 6.45) is 6.67. The van der Waals surface area contributed by atoms with Gasteiger partial charge in [-0.05, 0) is 32.8 Å². The van der Waals surface area contributed by atoms with E-state index in [2.05, 4.69) is 39.5 Å². The molecule has 0 aromatic heterocycles. The molecule has 0 aromatic rings. The molecule has 2 rings (SSSR count). The van der Waals surface area contributed by atoms with Gasteiger partial charge in [0, 0.05) is 12.5 Å². The van der Waals surface area contributed by atoms with E-state index < -0.39 is 0 Å². The van der Waals surface area contributed by atoms with Crippen LogP contribution in [0.15, 0.2) is 24.3 Å². The van der Waals surface area contributed by atoms with E-state index >= 15 is 0 Å². The second kappa shape index (κ2) is 3.69. The Hall–Kier alpha value is -0.600. The summed E-state index contributed by atoms with van der Waals surface area (Å²) in [6, 6.07) is 0. The summed E-state index contributed by atoms with van der Waals surface area (Å²) >= 11 is 0. The monoisotopic (exact) mass is 236 g/mol. The van der Waals surface area contributed by atoms with Crippen molar-refractivity contribution in [3.05, 3.63) is 24.3 Å². The van der Waals surface area contributed by atoms with Crippen molar-refractivity contribution in [1.82, 2.24) is 0 Å². The van der Waals surface area contributed by atoms with Crippen molar-refractivity contribution in [3.63, 3.8) is 0 Å². The van der Waals surface area contributed by atoms with E-state index in [9.17, 15) is 0 Å². The molecular formula is C15H24O2. The summed E-state index contributed by atoms with van der Waals surface area (Å²) in [7, 11) is 1.78. The molecule has 2 nitrogen and oxygen atoms in total. The lowest BCUT2D eigenvalue weighted by molar-refractivity contribution is 0.0122. The van der Waals surface area contributed by atoms with Crippen LogP contribution in [0.25, 0.3) is 0 Å². The second-order valence-corrected chi connectivity index (χ2v) is 6.27. The normalized spacial score (nSPS) is 43.5. The first-order chi connectivity index (χ1) is 7.79. The summed E-state index contributed by atoms with van der Waals surface area (Å²) in [6.45, 7) is 12.7. The number of ether oxygens (including phenoxy) is 2. The summed E-state index contributed by atoms with van der Waals surface area (Å²) < 4.78 is 11.8. The lowest BCUT2D eigenvalue weighted by Gasteiger charge is -2.40. The third-order valence-electron chi connectivity index (χ3n) is 4.61.